The number of thiazole rings is 1. The van der Waals surface area contributed by atoms with Gasteiger partial charge in [-0.2, -0.15) is 0 Å². The van der Waals surface area contributed by atoms with Gasteiger partial charge in [0.1, 0.15) is 5.01 Å². The van der Waals surface area contributed by atoms with Crippen LogP contribution in [0.2, 0.25) is 5.02 Å². The van der Waals surface area contributed by atoms with Gasteiger partial charge in [-0.25, -0.2) is 4.98 Å². The molecule has 0 atom stereocenters. The van der Waals surface area contributed by atoms with Crippen molar-refractivity contribution in [3.63, 3.8) is 0 Å². The van der Waals surface area contributed by atoms with Gasteiger partial charge in [0, 0.05) is 39.1 Å². The van der Waals surface area contributed by atoms with Crippen LogP contribution in [0.25, 0.3) is 21.8 Å². The van der Waals surface area contributed by atoms with Crippen molar-refractivity contribution in [1.82, 2.24) is 9.97 Å². The predicted molar refractivity (Wildman–Crippen MR) is 124 cm³/mol. The minimum absolute atomic E-state index is 0.107. The van der Waals surface area contributed by atoms with E-state index < -0.39 is 0 Å². The van der Waals surface area contributed by atoms with E-state index in [-0.39, 0.29) is 12.3 Å². The maximum Gasteiger partial charge on any atom is 0.229 e. The number of nitrogens with zero attached hydrogens (tertiary/aromatic N) is 2. The van der Waals surface area contributed by atoms with Gasteiger partial charge in [0.05, 0.1) is 12.1 Å². The number of rotatable bonds is 5. The quantitative estimate of drug-likeness (QED) is 0.400. The van der Waals surface area contributed by atoms with E-state index in [1.165, 1.54) is 16.9 Å². The number of anilines is 1. The molecule has 0 aliphatic carbocycles. The summed E-state index contributed by atoms with van der Waals surface area (Å²) in [6.07, 6.45) is 3.75. The van der Waals surface area contributed by atoms with Gasteiger partial charge in [-0.3, -0.25) is 9.78 Å². The summed E-state index contributed by atoms with van der Waals surface area (Å²) in [6.45, 7) is 3.98. The molecule has 30 heavy (non-hydrogen) atoms. The zero-order chi connectivity index (χ0) is 21.1. The summed E-state index contributed by atoms with van der Waals surface area (Å²) in [5.41, 5.74) is 5.60. The Morgan fingerprint density at radius 3 is 2.57 bits per heavy atom. The first kappa shape index (κ1) is 20.3. The average molecular weight is 434 g/mol. The molecule has 150 valence electrons. The molecule has 2 aromatic heterocycles. The Balaban J connectivity index is 1.65. The molecule has 4 rings (SSSR count). The molecule has 1 N–H and O–H groups in total. The zero-order valence-electron chi connectivity index (χ0n) is 16.6. The number of nitrogens with one attached hydrogen (secondary N) is 1. The maximum absolute atomic E-state index is 12.8. The second kappa shape index (κ2) is 8.78. The third-order valence-corrected chi connectivity index (χ3v) is 6.22. The summed E-state index contributed by atoms with van der Waals surface area (Å²) < 4.78 is 0. The second-order valence-electron chi connectivity index (χ2n) is 7.09. The van der Waals surface area contributed by atoms with E-state index >= 15 is 0 Å². The number of aryl methyl sites for hydroxylation is 2. The largest absolute Gasteiger partial charge is 0.326 e. The van der Waals surface area contributed by atoms with Gasteiger partial charge in [0.25, 0.3) is 0 Å². The molecule has 0 saturated carbocycles. The number of amides is 1. The van der Waals surface area contributed by atoms with Crippen molar-refractivity contribution in [1.29, 1.82) is 0 Å². The summed E-state index contributed by atoms with van der Waals surface area (Å²) in [6, 6.07) is 17.6. The Morgan fingerprint density at radius 2 is 1.87 bits per heavy atom. The van der Waals surface area contributed by atoms with E-state index in [0.29, 0.717) is 10.7 Å². The highest BCUT2D eigenvalue weighted by Gasteiger charge is 2.17. The molecule has 0 aliphatic rings. The number of aromatic nitrogens is 2. The number of carbonyl (C=O) groups excluding carboxylic acids is 1. The van der Waals surface area contributed by atoms with Crippen LogP contribution >= 0.6 is 22.9 Å². The van der Waals surface area contributed by atoms with Crippen LogP contribution in [-0.2, 0) is 11.2 Å². The number of hydrogen-bond donors (Lipinski definition) is 1. The van der Waals surface area contributed by atoms with Gasteiger partial charge in [0.2, 0.25) is 5.91 Å². The van der Waals surface area contributed by atoms with Crippen LogP contribution in [0.4, 0.5) is 5.69 Å². The number of pyridine rings is 1. The molecule has 0 spiro atoms. The SMILES string of the molecule is Cc1ccc(-c2nc(-c3cccnc3)sc2CC(=O)Nc2ccc(C)c(Cl)c2)cc1. The fourth-order valence-electron chi connectivity index (χ4n) is 3.04. The van der Waals surface area contributed by atoms with Crippen LogP contribution in [-0.4, -0.2) is 15.9 Å². The van der Waals surface area contributed by atoms with Crippen LogP contribution in [0.15, 0.2) is 67.0 Å². The third kappa shape index (κ3) is 4.58. The number of hydrogen-bond acceptors (Lipinski definition) is 4. The fourth-order valence-corrected chi connectivity index (χ4v) is 4.30. The Bertz CT molecular complexity index is 1190. The third-order valence-electron chi connectivity index (χ3n) is 4.71. The minimum atomic E-state index is -0.107. The summed E-state index contributed by atoms with van der Waals surface area (Å²) in [5, 5.41) is 4.41. The van der Waals surface area contributed by atoms with Crippen LogP contribution in [0, 0.1) is 13.8 Å². The predicted octanol–water partition coefficient (Wildman–Crippen LogP) is 6.32. The van der Waals surface area contributed by atoms with E-state index in [2.05, 4.69) is 22.4 Å². The van der Waals surface area contributed by atoms with Crippen molar-refractivity contribution in [2.45, 2.75) is 20.3 Å². The number of halogens is 1. The van der Waals surface area contributed by atoms with Crippen molar-refractivity contribution in [2.24, 2.45) is 0 Å². The normalized spacial score (nSPS) is 10.8. The molecular formula is C24H20ClN3OS. The summed E-state index contributed by atoms with van der Waals surface area (Å²) in [5.74, 6) is -0.107. The molecule has 4 nitrogen and oxygen atoms in total. The Hall–Kier alpha value is -3.02. The fraction of sp³-hybridized carbons (Fsp3) is 0.125. The van der Waals surface area contributed by atoms with Crippen LogP contribution in [0.1, 0.15) is 16.0 Å². The Kier molecular flexibility index (Phi) is 5.93. The molecule has 1 amide bonds. The molecule has 2 heterocycles. The molecule has 0 aliphatic heterocycles. The maximum atomic E-state index is 12.8. The smallest absolute Gasteiger partial charge is 0.229 e. The molecule has 6 heteroatoms. The summed E-state index contributed by atoms with van der Waals surface area (Å²) in [4.78, 5) is 22.7. The van der Waals surface area contributed by atoms with Gasteiger partial charge in [-0.15, -0.1) is 11.3 Å². The Labute approximate surface area is 184 Å². The van der Waals surface area contributed by atoms with Gasteiger partial charge in [-0.05, 0) is 43.7 Å². The number of benzene rings is 2. The van der Waals surface area contributed by atoms with Crippen molar-refractivity contribution in [3.05, 3.63) is 88.0 Å². The molecule has 0 bridgehead atoms. The molecule has 4 aromatic rings. The lowest BCUT2D eigenvalue weighted by Crippen LogP contribution is -2.14. The van der Waals surface area contributed by atoms with Crippen LogP contribution in [0.5, 0.6) is 0 Å². The van der Waals surface area contributed by atoms with Gasteiger partial charge >= 0.3 is 0 Å². The van der Waals surface area contributed by atoms with E-state index in [0.717, 1.165) is 32.3 Å². The van der Waals surface area contributed by atoms with Crippen molar-refractivity contribution >= 4 is 34.5 Å². The van der Waals surface area contributed by atoms with E-state index in [9.17, 15) is 4.79 Å². The first-order chi connectivity index (χ1) is 14.5. The van der Waals surface area contributed by atoms with Crippen molar-refractivity contribution in [2.75, 3.05) is 5.32 Å². The molecule has 0 fully saturated rings. The lowest BCUT2D eigenvalue weighted by Gasteiger charge is -2.07. The van der Waals surface area contributed by atoms with Crippen molar-refractivity contribution in [3.8, 4) is 21.8 Å². The van der Waals surface area contributed by atoms with Gasteiger partial charge < -0.3 is 5.32 Å². The highest BCUT2D eigenvalue weighted by Crippen LogP contribution is 2.34. The zero-order valence-corrected chi connectivity index (χ0v) is 18.2. The van der Waals surface area contributed by atoms with Crippen molar-refractivity contribution < 1.29 is 4.79 Å². The Morgan fingerprint density at radius 1 is 1.07 bits per heavy atom. The monoisotopic (exact) mass is 433 g/mol. The summed E-state index contributed by atoms with van der Waals surface area (Å²) in [7, 11) is 0. The van der Waals surface area contributed by atoms with E-state index in [4.69, 9.17) is 16.6 Å². The molecule has 2 aromatic carbocycles. The summed E-state index contributed by atoms with van der Waals surface area (Å²) >= 11 is 7.70. The average Bonchev–Trinajstić information content (AvgIpc) is 3.15. The lowest BCUT2D eigenvalue weighted by molar-refractivity contribution is -0.115. The van der Waals surface area contributed by atoms with E-state index in [1.807, 2.05) is 50.2 Å². The highest BCUT2D eigenvalue weighted by molar-refractivity contribution is 7.15. The standard InChI is InChI=1S/C24H20ClN3OS/c1-15-5-8-17(9-6-15)23-21(30-24(28-23)18-4-3-11-26-14-18)13-22(29)27-19-10-7-16(2)20(25)12-19/h3-12,14H,13H2,1-2H3,(H,27,29). The van der Waals surface area contributed by atoms with Crippen LogP contribution < -0.4 is 5.32 Å². The molecular weight excluding hydrogens is 414 g/mol. The highest BCUT2D eigenvalue weighted by atomic mass is 35.5. The first-order valence-corrected chi connectivity index (χ1v) is 10.7. The molecule has 0 saturated heterocycles. The lowest BCUT2D eigenvalue weighted by atomic mass is 10.1. The van der Waals surface area contributed by atoms with Gasteiger partial charge in [0.15, 0.2) is 0 Å². The van der Waals surface area contributed by atoms with E-state index in [1.54, 1.807) is 18.5 Å². The van der Waals surface area contributed by atoms with Gasteiger partial charge in [-0.1, -0.05) is 47.5 Å². The topological polar surface area (TPSA) is 54.9 Å². The molecule has 0 unspecified atom stereocenters. The minimum Gasteiger partial charge on any atom is -0.326 e. The first-order valence-electron chi connectivity index (χ1n) is 9.53. The second-order valence-corrected chi connectivity index (χ2v) is 8.58. The number of carbonyl (C=O) groups is 1. The molecule has 0 radical (unpaired) electrons. The van der Waals surface area contributed by atoms with Crippen LogP contribution in [0.3, 0.4) is 0 Å².